The minimum atomic E-state index is 0. The summed E-state index contributed by atoms with van der Waals surface area (Å²) in [5.41, 5.74) is 2.68. The summed E-state index contributed by atoms with van der Waals surface area (Å²) in [5, 5.41) is 13.0. The van der Waals surface area contributed by atoms with E-state index in [9.17, 15) is 5.21 Å². The van der Waals surface area contributed by atoms with E-state index in [-0.39, 0.29) is 16.8 Å². The molecule has 1 saturated carbocycles. The van der Waals surface area contributed by atoms with Crippen LogP contribution >= 0.6 is 0 Å². The number of nitrogens with zero attached hydrogens (tertiary/aromatic N) is 1. The summed E-state index contributed by atoms with van der Waals surface area (Å²) < 4.78 is 0.949. The number of pyridine rings is 1. The van der Waals surface area contributed by atoms with E-state index in [4.69, 9.17) is 0 Å². The second-order valence-electron chi connectivity index (χ2n) is 5.67. The van der Waals surface area contributed by atoms with E-state index in [0.717, 1.165) is 26.8 Å². The molecule has 3 heteroatoms. The van der Waals surface area contributed by atoms with Crippen LogP contribution in [0.5, 0.6) is 0 Å². The Morgan fingerprint density at radius 3 is 2.62 bits per heavy atom. The summed E-state index contributed by atoms with van der Waals surface area (Å²) in [4.78, 5) is 0. The number of allylic oxidation sites excluding steroid dienone is 1. The average Bonchev–Trinajstić information content (AvgIpc) is 2.48. The molecule has 0 atom stereocenters. The fourth-order valence-corrected chi connectivity index (χ4v) is 3.18. The first-order valence-electron chi connectivity index (χ1n) is 7.41. The second-order valence-corrected chi connectivity index (χ2v) is 5.67. The van der Waals surface area contributed by atoms with Gasteiger partial charge in [-0.05, 0) is 6.07 Å². The van der Waals surface area contributed by atoms with Crippen molar-refractivity contribution in [3.05, 3.63) is 60.3 Å². The Labute approximate surface area is 136 Å². The van der Waals surface area contributed by atoms with Crippen molar-refractivity contribution in [2.45, 2.75) is 32.1 Å². The van der Waals surface area contributed by atoms with Crippen LogP contribution in [0.3, 0.4) is 0 Å². The molecule has 0 aliphatic heterocycles. The second kappa shape index (κ2) is 7.01. The molecule has 1 radical (unpaired) electrons. The van der Waals surface area contributed by atoms with Crippen LogP contribution in [-0.2, 0) is 16.8 Å². The largest absolute Gasteiger partial charge is 0.619 e. The van der Waals surface area contributed by atoms with Crippen LogP contribution in [0.1, 0.15) is 37.7 Å². The number of aromatic nitrogens is 1. The van der Waals surface area contributed by atoms with Gasteiger partial charge in [0.1, 0.15) is 0 Å². The van der Waals surface area contributed by atoms with Gasteiger partial charge in [0, 0.05) is 28.2 Å². The fraction of sp³-hybridized carbons (Fsp3) is 0.333. The monoisotopic (exact) mass is 325 g/mol. The number of fused-ring (bicyclic) bond motifs is 1. The molecule has 1 heterocycles. The molecule has 21 heavy (non-hydrogen) atoms. The van der Waals surface area contributed by atoms with Gasteiger partial charge in [-0.15, -0.1) is 6.07 Å². The summed E-state index contributed by atoms with van der Waals surface area (Å²) in [6.07, 6.45) is 10.3. The zero-order valence-corrected chi connectivity index (χ0v) is 13.1. The van der Waals surface area contributed by atoms with Crippen LogP contribution in [0.2, 0.25) is 0 Å². The standard InChI is InChI=1S/C18H20NO.Co/c1-14(13-15-7-3-2-4-8-15)17-11-5-9-16-10-6-12-19(20)18(16)17;/h5-6,9-13,15H,1-4,7-8H2;/q-1;. The van der Waals surface area contributed by atoms with E-state index in [1.54, 1.807) is 12.3 Å². The molecule has 0 bridgehead atoms. The van der Waals surface area contributed by atoms with Crippen molar-refractivity contribution >= 4 is 16.5 Å². The molecule has 3 rings (SSSR count). The summed E-state index contributed by atoms with van der Waals surface area (Å²) in [5.74, 6) is 0.621. The molecule has 2 nitrogen and oxygen atoms in total. The van der Waals surface area contributed by atoms with E-state index in [0.29, 0.717) is 5.92 Å². The molecule has 1 aromatic carbocycles. The van der Waals surface area contributed by atoms with E-state index in [1.807, 2.05) is 24.3 Å². The van der Waals surface area contributed by atoms with Gasteiger partial charge in [0.2, 0.25) is 0 Å². The third kappa shape index (κ3) is 3.42. The van der Waals surface area contributed by atoms with Gasteiger partial charge >= 0.3 is 0 Å². The van der Waals surface area contributed by atoms with Crippen LogP contribution in [0, 0.1) is 17.5 Å². The fourth-order valence-electron chi connectivity index (χ4n) is 3.18. The number of benzene rings is 1. The molecule has 1 aliphatic carbocycles. The summed E-state index contributed by atoms with van der Waals surface area (Å²) >= 11 is 0. The molecule has 0 unspecified atom stereocenters. The number of hydrogen-bond donors (Lipinski definition) is 0. The molecule has 0 spiro atoms. The maximum atomic E-state index is 12.1. The number of para-hydroxylation sites is 1. The molecule has 113 valence electrons. The molecule has 0 N–H and O–H groups in total. The van der Waals surface area contributed by atoms with Crippen LogP contribution in [0.4, 0.5) is 0 Å². The molecule has 0 saturated heterocycles. The first kappa shape index (κ1) is 15.9. The van der Waals surface area contributed by atoms with Crippen molar-refractivity contribution in [3.63, 3.8) is 0 Å². The Morgan fingerprint density at radius 2 is 1.86 bits per heavy atom. The molecule has 1 aliphatic rings. The van der Waals surface area contributed by atoms with Gasteiger partial charge in [-0.25, -0.2) is 0 Å². The van der Waals surface area contributed by atoms with Crippen molar-refractivity contribution in [1.82, 2.24) is 0 Å². The third-order valence-corrected chi connectivity index (χ3v) is 4.22. The summed E-state index contributed by atoms with van der Waals surface area (Å²) in [6.45, 7) is 4.20. The molecule has 1 aromatic heterocycles. The Hall–Kier alpha value is -1.45. The molecule has 1 fully saturated rings. The van der Waals surface area contributed by atoms with E-state index < -0.39 is 0 Å². The van der Waals surface area contributed by atoms with Gasteiger partial charge in [-0.1, -0.05) is 55.7 Å². The van der Waals surface area contributed by atoms with Crippen LogP contribution in [0.15, 0.2) is 43.1 Å². The Balaban J connectivity index is 0.00000161. The predicted octanol–water partition coefficient (Wildman–Crippen LogP) is 4.27. The summed E-state index contributed by atoms with van der Waals surface area (Å²) in [7, 11) is 0. The van der Waals surface area contributed by atoms with Crippen LogP contribution < -0.4 is 4.73 Å². The van der Waals surface area contributed by atoms with Crippen LogP contribution in [-0.4, -0.2) is 0 Å². The first-order valence-corrected chi connectivity index (χ1v) is 7.41. The molecular weight excluding hydrogens is 305 g/mol. The maximum Gasteiger partial charge on any atom is 0.179 e. The Bertz CT molecular complexity index is 627. The SMILES string of the molecule is C=C([CH-]C1CCCCC1)c1cccc2ccc[n+]([O-])c12.[Co]. The Morgan fingerprint density at radius 1 is 1.14 bits per heavy atom. The van der Waals surface area contributed by atoms with Crippen molar-refractivity contribution < 1.29 is 21.5 Å². The Kier molecular flexibility index (Phi) is 5.31. The zero-order chi connectivity index (χ0) is 13.9. The van der Waals surface area contributed by atoms with Crippen LogP contribution in [0.25, 0.3) is 16.5 Å². The quantitative estimate of drug-likeness (QED) is 0.470. The first-order chi connectivity index (χ1) is 9.75. The molecule has 0 amide bonds. The number of rotatable bonds is 3. The van der Waals surface area contributed by atoms with Crippen molar-refractivity contribution in [2.75, 3.05) is 0 Å². The van der Waals surface area contributed by atoms with E-state index >= 15 is 0 Å². The van der Waals surface area contributed by atoms with Gasteiger partial charge in [0.15, 0.2) is 11.7 Å². The van der Waals surface area contributed by atoms with Gasteiger partial charge in [0.25, 0.3) is 0 Å². The average molecular weight is 325 g/mol. The van der Waals surface area contributed by atoms with Crippen molar-refractivity contribution in [1.29, 1.82) is 0 Å². The van der Waals surface area contributed by atoms with Gasteiger partial charge in [0.05, 0.1) is 0 Å². The van der Waals surface area contributed by atoms with Gasteiger partial charge in [-0.2, -0.15) is 23.3 Å². The van der Waals surface area contributed by atoms with Crippen molar-refractivity contribution in [2.24, 2.45) is 5.92 Å². The maximum absolute atomic E-state index is 12.1. The minimum absolute atomic E-state index is 0. The number of hydrogen-bond acceptors (Lipinski definition) is 1. The molecular formula is C18H20CoNO-. The third-order valence-electron chi connectivity index (χ3n) is 4.22. The smallest absolute Gasteiger partial charge is 0.179 e. The van der Waals surface area contributed by atoms with E-state index in [2.05, 4.69) is 13.0 Å². The van der Waals surface area contributed by atoms with Crippen molar-refractivity contribution in [3.8, 4) is 0 Å². The van der Waals surface area contributed by atoms with Gasteiger partial charge < -0.3 is 5.21 Å². The molecule has 2 aromatic rings. The van der Waals surface area contributed by atoms with E-state index in [1.165, 1.54) is 32.1 Å². The minimum Gasteiger partial charge on any atom is -0.619 e. The summed E-state index contributed by atoms with van der Waals surface area (Å²) in [6, 6.07) is 9.73. The normalized spacial score (nSPS) is 15.4. The zero-order valence-electron chi connectivity index (χ0n) is 12.1. The van der Waals surface area contributed by atoms with Gasteiger partial charge in [-0.3, -0.25) is 0 Å². The topological polar surface area (TPSA) is 26.9 Å². The predicted molar refractivity (Wildman–Crippen MR) is 82.8 cm³/mol.